The number of rotatable bonds is 5. The third-order valence-electron chi connectivity index (χ3n) is 3.02. The molecule has 0 spiro atoms. The van der Waals surface area contributed by atoms with E-state index in [1.165, 1.54) is 0 Å². The molecule has 0 aromatic heterocycles. The fourth-order valence-corrected chi connectivity index (χ4v) is 1.87. The van der Waals surface area contributed by atoms with Crippen LogP contribution in [0, 0.1) is 11.8 Å². The molecule has 1 aromatic carbocycles. The zero-order valence-electron chi connectivity index (χ0n) is 10.9. The monoisotopic (exact) mass is 231 g/mol. The second kappa shape index (κ2) is 6.24. The van der Waals surface area contributed by atoms with Crippen molar-refractivity contribution in [3.8, 4) is 0 Å². The number of para-hydroxylation sites is 1. The first-order valence-electron chi connectivity index (χ1n) is 6.01. The molecule has 0 heterocycles. The van der Waals surface area contributed by atoms with Gasteiger partial charge in [-0.2, -0.15) is 0 Å². The highest BCUT2D eigenvalue weighted by atomic mass is 16.2. The van der Waals surface area contributed by atoms with Crippen LogP contribution in [0.5, 0.6) is 0 Å². The topological polar surface area (TPSA) is 20.3 Å². The van der Waals surface area contributed by atoms with Crippen LogP contribution < -0.4 is 4.90 Å². The minimum absolute atomic E-state index is 0.0118. The van der Waals surface area contributed by atoms with Gasteiger partial charge in [0, 0.05) is 18.7 Å². The predicted molar refractivity (Wildman–Crippen MR) is 73.0 cm³/mol. The number of carbonyl (C=O) groups is 1. The molecule has 0 saturated carbocycles. The second-order valence-corrected chi connectivity index (χ2v) is 4.61. The summed E-state index contributed by atoms with van der Waals surface area (Å²) in [6.07, 6.45) is 2.55. The third kappa shape index (κ3) is 3.45. The lowest BCUT2D eigenvalue weighted by Crippen LogP contribution is -2.35. The standard InChI is InChI=1S/C15H21NO/c1-5-9-14(12(2)3)15(17)16(4)13-10-7-6-8-11-13/h5-8,10-12,14H,1,9H2,2-4H3. The van der Waals surface area contributed by atoms with Crippen molar-refractivity contribution in [2.24, 2.45) is 11.8 Å². The summed E-state index contributed by atoms with van der Waals surface area (Å²) in [4.78, 5) is 14.1. The summed E-state index contributed by atoms with van der Waals surface area (Å²) < 4.78 is 0. The molecule has 2 heteroatoms. The maximum absolute atomic E-state index is 12.4. The largest absolute Gasteiger partial charge is 0.315 e. The number of carbonyl (C=O) groups excluding carboxylic acids is 1. The highest BCUT2D eigenvalue weighted by Gasteiger charge is 2.24. The van der Waals surface area contributed by atoms with Gasteiger partial charge < -0.3 is 4.90 Å². The van der Waals surface area contributed by atoms with Gasteiger partial charge in [-0.15, -0.1) is 6.58 Å². The molecule has 2 nitrogen and oxygen atoms in total. The summed E-state index contributed by atoms with van der Waals surface area (Å²) in [6, 6.07) is 9.73. The van der Waals surface area contributed by atoms with Gasteiger partial charge in [-0.1, -0.05) is 38.1 Å². The zero-order valence-corrected chi connectivity index (χ0v) is 10.9. The highest BCUT2D eigenvalue weighted by Crippen LogP contribution is 2.21. The van der Waals surface area contributed by atoms with Gasteiger partial charge in [0.1, 0.15) is 0 Å². The molecule has 0 aliphatic carbocycles. The molecule has 0 saturated heterocycles. The lowest BCUT2D eigenvalue weighted by atomic mass is 9.91. The molecule has 0 N–H and O–H groups in total. The van der Waals surface area contributed by atoms with Crippen LogP contribution >= 0.6 is 0 Å². The summed E-state index contributed by atoms with van der Waals surface area (Å²) in [6.45, 7) is 7.88. The Balaban J connectivity index is 2.84. The van der Waals surface area contributed by atoms with Crippen LogP contribution in [0.4, 0.5) is 5.69 Å². The number of hydrogen-bond acceptors (Lipinski definition) is 1. The Hall–Kier alpha value is -1.57. The van der Waals surface area contributed by atoms with Crippen LogP contribution in [-0.2, 0) is 4.79 Å². The minimum Gasteiger partial charge on any atom is -0.315 e. The number of hydrogen-bond donors (Lipinski definition) is 0. The first kappa shape index (κ1) is 13.5. The van der Waals surface area contributed by atoms with Gasteiger partial charge in [0.05, 0.1) is 0 Å². The fraction of sp³-hybridized carbons (Fsp3) is 0.400. The number of nitrogens with zero attached hydrogens (tertiary/aromatic N) is 1. The Morgan fingerprint density at radius 3 is 2.41 bits per heavy atom. The van der Waals surface area contributed by atoms with Gasteiger partial charge in [-0.05, 0) is 24.5 Å². The maximum atomic E-state index is 12.4. The number of allylic oxidation sites excluding steroid dienone is 1. The van der Waals surface area contributed by atoms with Gasteiger partial charge in [-0.3, -0.25) is 4.79 Å². The molecule has 1 amide bonds. The van der Waals surface area contributed by atoms with Crippen molar-refractivity contribution >= 4 is 11.6 Å². The van der Waals surface area contributed by atoms with Crippen molar-refractivity contribution in [3.63, 3.8) is 0 Å². The van der Waals surface area contributed by atoms with E-state index in [1.807, 2.05) is 43.5 Å². The van der Waals surface area contributed by atoms with Crippen molar-refractivity contribution in [1.82, 2.24) is 0 Å². The van der Waals surface area contributed by atoms with E-state index < -0.39 is 0 Å². The molecule has 17 heavy (non-hydrogen) atoms. The molecule has 0 radical (unpaired) electrons. The molecule has 1 atom stereocenters. The van der Waals surface area contributed by atoms with Crippen LogP contribution in [-0.4, -0.2) is 13.0 Å². The number of amides is 1. The van der Waals surface area contributed by atoms with E-state index in [1.54, 1.807) is 4.90 Å². The van der Waals surface area contributed by atoms with E-state index >= 15 is 0 Å². The molecule has 1 rings (SSSR count). The first-order chi connectivity index (χ1) is 8.07. The summed E-state index contributed by atoms with van der Waals surface area (Å²) >= 11 is 0. The molecule has 0 aliphatic rings. The minimum atomic E-state index is 0.0118. The fourth-order valence-electron chi connectivity index (χ4n) is 1.87. The van der Waals surface area contributed by atoms with E-state index in [4.69, 9.17) is 0 Å². The smallest absolute Gasteiger partial charge is 0.230 e. The Morgan fingerprint density at radius 2 is 1.94 bits per heavy atom. The summed E-state index contributed by atoms with van der Waals surface area (Å²) in [5, 5.41) is 0. The molecule has 1 unspecified atom stereocenters. The van der Waals surface area contributed by atoms with Crippen LogP contribution in [0.1, 0.15) is 20.3 Å². The molecule has 0 bridgehead atoms. The number of benzene rings is 1. The van der Waals surface area contributed by atoms with Gasteiger partial charge in [0.15, 0.2) is 0 Å². The van der Waals surface area contributed by atoms with E-state index in [0.717, 1.165) is 12.1 Å². The van der Waals surface area contributed by atoms with E-state index in [0.29, 0.717) is 5.92 Å². The Kier molecular flexibility index (Phi) is 4.95. The third-order valence-corrected chi connectivity index (χ3v) is 3.02. The van der Waals surface area contributed by atoms with Crippen molar-refractivity contribution in [1.29, 1.82) is 0 Å². The average molecular weight is 231 g/mol. The van der Waals surface area contributed by atoms with Crippen LogP contribution in [0.15, 0.2) is 43.0 Å². The lowest BCUT2D eigenvalue weighted by Gasteiger charge is -2.25. The molecule has 0 aliphatic heterocycles. The maximum Gasteiger partial charge on any atom is 0.230 e. The molecule has 1 aromatic rings. The average Bonchev–Trinajstić information content (AvgIpc) is 2.35. The predicted octanol–water partition coefficient (Wildman–Crippen LogP) is 3.50. The van der Waals surface area contributed by atoms with E-state index in [9.17, 15) is 4.79 Å². The number of anilines is 1. The van der Waals surface area contributed by atoms with Crippen LogP contribution in [0.3, 0.4) is 0 Å². The summed E-state index contributed by atoms with van der Waals surface area (Å²) in [7, 11) is 1.83. The van der Waals surface area contributed by atoms with Crippen molar-refractivity contribution < 1.29 is 4.79 Å². The van der Waals surface area contributed by atoms with Crippen molar-refractivity contribution in [2.75, 3.05) is 11.9 Å². The van der Waals surface area contributed by atoms with E-state index in [-0.39, 0.29) is 11.8 Å². The Bertz CT molecular complexity index is 370. The molecule has 92 valence electrons. The quantitative estimate of drug-likeness (QED) is 0.710. The van der Waals surface area contributed by atoms with E-state index in [2.05, 4.69) is 20.4 Å². The summed E-state index contributed by atoms with van der Waals surface area (Å²) in [5.41, 5.74) is 0.937. The summed E-state index contributed by atoms with van der Waals surface area (Å²) in [5.74, 6) is 0.496. The lowest BCUT2D eigenvalue weighted by molar-refractivity contribution is -0.123. The van der Waals surface area contributed by atoms with Gasteiger partial charge in [0.2, 0.25) is 5.91 Å². The van der Waals surface area contributed by atoms with Gasteiger partial charge in [-0.25, -0.2) is 0 Å². The molecule has 0 fully saturated rings. The van der Waals surface area contributed by atoms with Gasteiger partial charge >= 0.3 is 0 Å². The zero-order chi connectivity index (χ0) is 12.8. The second-order valence-electron chi connectivity index (χ2n) is 4.61. The SMILES string of the molecule is C=CCC(C(=O)N(C)c1ccccc1)C(C)C. The molecular formula is C15H21NO. The molecular weight excluding hydrogens is 210 g/mol. The Morgan fingerprint density at radius 1 is 1.35 bits per heavy atom. The normalized spacial score (nSPS) is 12.2. The first-order valence-corrected chi connectivity index (χ1v) is 6.01. The van der Waals surface area contributed by atoms with Crippen molar-refractivity contribution in [3.05, 3.63) is 43.0 Å². The van der Waals surface area contributed by atoms with Crippen molar-refractivity contribution in [2.45, 2.75) is 20.3 Å². The van der Waals surface area contributed by atoms with Gasteiger partial charge in [0.25, 0.3) is 0 Å². The Labute approximate surface area is 104 Å². The van der Waals surface area contributed by atoms with Crippen LogP contribution in [0.25, 0.3) is 0 Å². The highest BCUT2D eigenvalue weighted by molar-refractivity contribution is 5.94. The van der Waals surface area contributed by atoms with Crippen LogP contribution in [0.2, 0.25) is 0 Å².